The molecule has 2 saturated heterocycles. The molecule has 9 nitrogen and oxygen atoms in total. The highest BCUT2D eigenvalue weighted by atomic mass is 16.5. The second kappa shape index (κ2) is 7.19. The second-order valence-electron chi connectivity index (χ2n) is 9.21. The fraction of sp³-hybridized carbons (Fsp3) is 0.455. The van der Waals surface area contributed by atoms with Gasteiger partial charge in [-0.05, 0) is 57.9 Å². The number of hydrogen-bond acceptors (Lipinski definition) is 6. The number of rotatable bonds is 3. The summed E-state index contributed by atoms with van der Waals surface area (Å²) in [7, 11) is 0. The van der Waals surface area contributed by atoms with E-state index in [4.69, 9.17) is 19.8 Å². The summed E-state index contributed by atoms with van der Waals surface area (Å²) in [5.41, 5.74) is 1.88. The zero-order valence-electron chi connectivity index (χ0n) is 17.9. The number of hydrogen-bond donors (Lipinski definition) is 2. The number of morpholine rings is 1. The molecule has 1 amide bonds. The van der Waals surface area contributed by atoms with Crippen LogP contribution in [0.1, 0.15) is 33.6 Å². The summed E-state index contributed by atoms with van der Waals surface area (Å²) in [5.74, 6) is 1.47. The van der Waals surface area contributed by atoms with Crippen LogP contribution in [0.3, 0.4) is 0 Å². The number of carbonyl (C=O) groups is 1. The third-order valence-electron chi connectivity index (χ3n) is 5.78. The molecule has 0 saturated carbocycles. The molecule has 31 heavy (non-hydrogen) atoms. The molecule has 2 aliphatic heterocycles. The number of nitrogens with one attached hydrogen (secondary N) is 1. The van der Waals surface area contributed by atoms with E-state index in [1.54, 1.807) is 12.1 Å². The lowest BCUT2D eigenvalue weighted by molar-refractivity contribution is 0.0303. The monoisotopic (exact) mass is 422 g/mol. The Morgan fingerprint density at radius 2 is 1.81 bits per heavy atom. The van der Waals surface area contributed by atoms with E-state index in [9.17, 15) is 4.79 Å². The van der Waals surface area contributed by atoms with E-state index in [2.05, 4.69) is 36.1 Å². The molecule has 9 heteroatoms. The van der Waals surface area contributed by atoms with Gasteiger partial charge in [-0.15, -0.1) is 0 Å². The van der Waals surface area contributed by atoms with E-state index in [1.807, 2.05) is 23.0 Å². The van der Waals surface area contributed by atoms with Gasteiger partial charge in [-0.2, -0.15) is 5.10 Å². The van der Waals surface area contributed by atoms with Crippen molar-refractivity contribution < 1.29 is 14.6 Å². The molecular weight excluding hydrogens is 396 g/mol. The number of nitrogens with zero attached hydrogens (tertiary/aromatic N) is 5. The first-order chi connectivity index (χ1) is 14.8. The average Bonchev–Trinajstić information content (AvgIpc) is 3.30. The Balaban J connectivity index is 1.62. The first-order valence-corrected chi connectivity index (χ1v) is 10.5. The number of anilines is 2. The fourth-order valence-electron chi connectivity index (χ4n) is 4.37. The minimum Gasteiger partial charge on any atom is -0.465 e. The van der Waals surface area contributed by atoms with Crippen LogP contribution in [0.4, 0.5) is 16.3 Å². The Morgan fingerprint density at radius 1 is 1.13 bits per heavy atom. The van der Waals surface area contributed by atoms with Gasteiger partial charge in [0, 0.05) is 24.3 Å². The van der Waals surface area contributed by atoms with Crippen molar-refractivity contribution >= 4 is 28.6 Å². The van der Waals surface area contributed by atoms with Gasteiger partial charge >= 0.3 is 6.09 Å². The lowest BCUT2D eigenvalue weighted by Gasteiger charge is -2.33. The lowest BCUT2D eigenvalue weighted by atomic mass is 10.1. The maximum Gasteiger partial charge on any atom is 0.409 e. The number of carboxylic acid groups (broad SMARTS) is 1. The molecule has 1 aromatic carbocycles. The molecule has 3 aromatic rings. The third-order valence-corrected chi connectivity index (χ3v) is 5.78. The minimum absolute atomic E-state index is 0.232. The molecule has 0 radical (unpaired) electrons. The van der Waals surface area contributed by atoms with Crippen molar-refractivity contribution in [2.75, 3.05) is 23.3 Å². The molecular formula is C22H26N6O3. The van der Waals surface area contributed by atoms with E-state index in [-0.39, 0.29) is 17.7 Å². The Kier molecular flexibility index (Phi) is 4.58. The molecule has 162 valence electrons. The molecule has 2 N–H and O–H groups in total. The molecule has 0 aliphatic carbocycles. The van der Waals surface area contributed by atoms with Gasteiger partial charge in [0.05, 0.1) is 29.3 Å². The maximum atomic E-state index is 10.9. The number of amides is 1. The Bertz CT molecular complexity index is 1120. The molecule has 0 spiro atoms. The van der Waals surface area contributed by atoms with Crippen molar-refractivity contribution in [2.45, 2.75) is 51.4 Å². The van der Waals surface area contributed by atoms with Crippen molar-refractivity contribution in [2.24, 2.45) is 0 Å². The molecule has 2 aromatic heterocycles. The molecule has 2 fully saturated rings. The highest BCUT2D eigenvalue weighted by Gasteiger charge is 2.35. The van der Waals surface area contributed by atoms with Gasteiger partial charge in [0.15, 0.2) is 11.5 Å². The van der Waals surface area contributed by atoms with Crippen LogP contribution in [-0.4, -0.2) is 56.2 Å². The predicted octanol–water partition coefficient (Wildman–Crippen LogP) is 3.71. The fourth-order valence-corrected chi connectivity index (χ4v) is 4.37. The maximum absolute atomic E-state index is 10.9. The lowest BCUT2D eigenvalue weighted by Crippen LogP contribution is -2.43. The van der Waals surface area contributed by atoms with Gasteiger partial charge in [-0.3, -0.25) is 5.32 Å². The van der Waals surface area contributed by atoms with E-state index < -0.39 is 6.09 Å². The van der Waals surface area contributed by atoms with Gasteiger partial charge in [0.25, 0.3) is 0 Å². The summed E-state index contributed by atoms with van der Waals surface area (Å²) >= 11 is 0. The van der Waals surface area contributed by atoms with Crippen molar-refractivity contribution in [1.29, 1.82) is 0 Å². The summed E-state index contributed by atoms with van der Waals surface area (Å²) in [5, 5.41) is 16.9. The molecule has 4 heterocycles. The van der Waals surface area contributed by atoms with Crippen LogP contribution in [0.5, 0.6) is 0 Å². The van der Waals surface area contributed by atoms with Crippen molar-refractivity contribution in [3.8, 4) is 11.4 Å². The number of aromatic nitrogens is 4. The van der Waals surface area contributed by atoms with Crippen LogP contribution in [0.2, 0.25) is 0 Å². The summed E-state index contributed by atoms with van der Waals surface area (Å²) in [4.78, 5) is 23.0. The molecule has 2 unspecified atom stereocenters. The normalized spacial score (nSPS) is 20.9. The summed E-state index contributed by atoms with van der Waals surface area (Å²) < 4.78 is 7.96. The zero-order valence-corrected chi connectivity index (χ0v) is 17.9. The van der Waals surface area contributed by atoms with E-state index in [0.717, 1.165) is 48.3 Å². The van der Waals surface area contributed by atoms with Crippen molar-refractivity contribution in [1.82, 2.24) is 19.7 Å². The second-order valence-corrected chi connectivity index (χ2v) is 9.21. The Labute approximate surface area is 180 Å². The van der Waals surface area contributed by atoms with Crippen LogP contribution in [0, 0.1) is 0 Å². The molecule has 2 aliphatic rings. The average molecular weight is 422 g/mol. The van der Waals surface area contributed by atoms with E-state index >= 15 is 0 Å². The van der Waals surface area contributed by atoms with E-state index in [1.165, 1.54) is 0 Å². The molecule has 2 atom stereocenters. The standard InChI is InChI=1S/C22H26N6O3/c1-22(2,3)28-20-17(10-23-28)19(27-11-15-8-9-16(12-27)31-15)25-18(26-20)13-4-6-14(7-5-13)24-21(29)30/h4-7,10,15-16,24H,8-9,11-12H2,1-3H3,(H,29,30). The number of ether oxygens (including phenoxy) is 1. The highest BCUT2D eigenvalue weighted by Crippen LogP contribution is 2.34. The van der Waals surface area contributed by atoms with Gasteiger partial charge in [-0.25, -0.2) is 19.4 Å². The van der Waals surface area contributed by atoms with Gasteiger partial charge < -0.3 is 14.7 Å². The van der Waals surface area contributed by atoms with Crippen LogP contribution in [0.15, 0.2) is 30.5 Å². The largest absolute Gasteiger partial charge is 0.465 e. The van der Waals surface area contributed by atoms with Crippen molar-refractivity contribution in [3.05, 3.63) is 30.5 Å². The minimum atomic E-state index is -1.09. The third kappa shape index (κ3) is 3.69. The van der Waals surface area contributed by atoms with Crippen LogP contribution >= 0.6 is 0 Å². The molecule has 2 bridgehead atoms. The quantitative estimate of drug-likeness (QED) is 0.663. The van der Waals surface area contributed by atoms with Gasteiger partial charge in [0.1, 0.15) is 5.82 Å². The summed E-state index contributed by atoms with van der Waals surface area (Å²) in [6, 6.07) is 7.09. The topological polar surface area (TPSA) is 105 Å². The molecule has 5 rings (SSSR count). The Morgan fingerprint density at radius 3 is 2.42 bits per heavy atom. The smallest absolute Gasteiger partial charge is 0.409 e. The summed E-state index contributed by atoms with van der Waals surface area (Å²) in [6.07, 6.45) is 3.42. The highest BCUT2D eigenvalue weighted by molar-refractivity contribution is 5.89. The zero-order chi connectivity index (χ0) is 21.8. The first-order valence-electron chi connectivity index (χ1n) is 10.5. The van der Waals surface area contributed by atoms with Gasteiger partial charge in [-0.1, -0.05) is 0 Å². The van der Waals surface area contributed by atoms with E-state index in [0.29, 0.717) is 11.5 Å². The van der Waals surface area contributed by atoms with Crippen LogP contribution in [0.25, 0.3) is 22.4 Å². The van der Waals surface area contributed by atoms with Gasteiger partial charge in [0.2, 0.25) is 0 Å². The number of fused-ring (bicyclic) bond motifs is 3. The summed E-state index contributed by atoms with van der Waals surface area (Å²) in [6.45, 7) is 7.92. The van der Waals surface area contributed by atoms with Crippen LogP contribution in [-0.2, 0) is 10.3 Å². The van der Waals surface area contributed by atoms with Crippen molar-refractivity contribution in [3.63, 3.8) is 0 Å². The Hall–Kier alpha value is -3.20. The first kappa shape index (κ1) is 19.7. The number of benzene rings is 1. The SMILES string of the molecule is CC(C)(C)n1ncc2c(N3CC4CCC(C3)O4)nc(-c3ccc(NC(=O)O)cc3)nc21. The predicted molar refractivity (Wildman–Crippen MR) is 118 cm³/mol. The van der Waals surface area contributed by atoms with Crippen LogP contribution < -0.4 is 10.2 Å².